The van der Waals surface area contributed by atoms with Crippen molar-refractivity contribution >= 4 is 36.1 Å². The zero-order valence-electron chi connectivity index (χ0n) is 13.7. The van der Waals surface area contributed by atoms with Gasteiger partial charge in [0.25, 0.3) is 5.56 Å². The van der Waals surface area contributed by atoms with E-state index in [0.717, 1.165) is 10.1 Å². The van der Waals surface area contributed by atoms with Gasteiger partial charge in [0.1, 0.15) is 13.8 Å². The van der Waals surface area contributed by atoms with E-state index in [1.54, 1.807) is 16.3 Å². The first kappa shape index (κ1) is 17.0. The molecule has 3 aromatic rings. The van der Waals surface area contributed by atoms with Crippen LogP contribution < -0.4 is 5.56 Å². The third kappa shape index (κ3) is 4.35. The normalized spacial score (nSPS) is 11.3. The Bertz CT molecular complexity index is 978. The molecule has 0 bridgehead atoms. The average Bonchev–Trinajstić information content (AvgIpc) is 2.93. The molecule has 7 heteroatoms. The minimum Gasteiger partial charge on any atom is -0.267 e. The van der Waals surface area contributed by atoms with Gasteiger partial charge in [-0.2, -0.15) is 9.50 Å². The molecule has 0 aliphatic rings. The van der Waals surface area contributed by atoms with Crippen LogP contribution in [0.15, 0.2) is 45.5 Å². The van der Waals surface area contributed by atoms with E-state index in [2.05, 4.69) is 53.3 Å². The fourth-order valence-corrected chi connectivity index (χ4v) is 4.32. The van der Waals surface area contributed by atoms with Crippen molar-refractivity contribution in [3.8, 4) is 11.5 Å². The Balaban J connectivity index is 1.92. The molecule has 0 saturated carbocycles. The molecule has 24 heavy (non-hydrogen) atoms. The van der Waals surface area contributed by atoms with Gasteiger partial charge in [-0.15, -0.1) is 10.6 Å². The van der Waals surface area contributed by atoms with Crippen molar-refractivity contribution in [2.45, 2.75) is 29.7 Å². The number of nitrogens with zero attached hydrogens (tertiary/aromatic N) is 3. The Labute approximate surface area is 150 Å². The molecule has 4 nitrogen and oxygen atoms in total. The highest BCUT2D eigenvalue weighted by atomic mass is 32.2. The summed E-state index contributed by atoms with van der Waals surface area (Å²) in [5.74, 6) is 3.96. The summed E-state index contributed by atoms with van der Waals surface area (Å²) in [5.41, 5.74) is 4.88. The molecule has 0 fully saturated rings. The molecule has 0 unspecified atom stereocenters. The van der Waals surface area contributed by atoms with Crippen LogP contribution in [0.3, 0.4) is 0 Å². The minimum absolute atomic E-state index is 0.266. The van der Waals surface area contributed by atoms with Crippen molar-refractivity contribution in [1.29, 1.82) is 0 Å². The molecule has 0 spiro atoms. The number of rotatable bonds is 3. The fourth-order valence-electron chi connectivity index (χ4n) is 1.92. The van der Waals surface area contributed by atoms with Crippen LogP contribution in [0.2, 0.25) is 19.6 Å². The first-order valence-corrected chi connectivity index (χ1v) is 12.8. The number of aromatic nitrogens is 3. The highest BCUT2D eigenvalue weighted by Gasteiger charge is 2.11. The Hall–Kier alpha value is -1.88. The Kier molecular flexibility index (Phi) is 4.90. The van der Waals surface area contributed by atoms with Gasteiger partial charge in [0.05, 0.1) is 0 Å². The zero-order valence-corrected chi connectivity index (χ0v) is 16.4. The van der Waals surface area contributed by atoms with Crippen molar-refractivity contribution in [1.82, 2.24) is 14.6 Å². The lowest BCUT2D eigenvalue weighted by molar-refractivity contribution is 0.872. The third-order valence-corrected chi connectivity index (χ3v) is 5.99. The molecule has 0 aliphatic carbocycles. The second-order valence-electron chi connectivity index (χ2n) is 6.32. The van der Waals surface area contributed by atoms with E-state index < -0.39 is 8.07 Å². The van der Waals surface area contributed by atoms with Crippen molar-refractivity contribution in [3.63, 3.8) is 0 Å². The van der Waals surface area contributed by atoms with Gasteiger partial charge in [0, 0.05) is 11.8 Å². The summed E-state index contributed by atoms with van der Waals surface area (Å²) in [6.07, 6.45) is 0. The molecular formula is C17H17N3OS2Si. The monoisotopic (exact) mass is 371 g/mol. The van der Waals surface area contributed by atoms with Gasteiger partial charge in [-0.3, -0.25) is 4.79 Å². The number of hydrogen-bond donors (Lipinski definition) is 0. The molecular weight excluding hydrogens is 354 g/mol. The van der Waals surface area contributed by atoms with Crippen LogP contribution in [0.25, 0.3) is 4.96 Å². The summed E-state index contributed by atoms with van der Waals surface area (Å²) in [6, 6.07) is 11.7. The Morgan fingerprint density at radius 1 is 1.25 bits per heavy atom. The molecule has 1 aromatic carbocycles. The van der Waals surface area contributed by atoms with Gasteiger partial charge in [-0.1, -0.05) is 79.0 Å². The topological polar surface area (TPSA) is 47.3 Å². The molecule has 122 valence electrons. The van der Waals surface area contributed by atoms with Gasteiger partial charge >= 0.3 is 0 Å². The molecule has 0 saturated heterocycles. The molecule has 2 heterocycles. The van der Waals surface area contributed by atoms with Gasteiger partial charge in [-0.25, -0.2) is 0 Å². The second-order valence-corrected chi connectivity index (χ2v) is 13.2. The lowest BCUT2D eigenvalue weighted by Gasteiger charge is -2.03. The SMILES string of the molecule is C[Si](C)(C)C#Cc1cc(=O)nc2sc(SCc3ccccc3)nn12. The van der Waals surface area contributed by atoms with E-state index in [4.69, 9.17) is 0 Å². The van der Waals surface area contributed by atoms with Crippen LogP contribution in [-0.2, 0) is 5.75 Å². The first-order valence-electron chi connectivity index (χ1n) is 7.51. The Morgan fingerprint density at radius 3 is 2.71 bits per heavy atom. The van der Waals surface area contributed by atoms with Gasteiger partial charge in [0.15, 0.2) is 4.34 Å². The predicted octanol–water partition coefficient (Wildman–Crippen LogP) is 3.67. The molecule has 0 radical (unpaired) electrons. The van der Waals surface area contributed by atoms with E-state index in [-0.39, 0.29) is 5.56 Å². The molecule has 0 atom stereocenters. The van der Waals surface area contributed by atoms with Crippen molar-refractivity contribution in [2.75, 3.05) is 0 Å². The largest absolute Gasteiger partial charge is 0.275 e. The number of thioether (sulfide) groups is 1. The predicted molar refractivity (Wildman–Crippen MR) is 103 cm³/mol. The van der Waals surface area contributed by atoms with Crippen LogP contribution in [0.5, 0.6) is 0 Å². The van der Waals surface area contributed by atoms with Crippen molar-refractivity contribution in [3.05, 3.63) is 58.0 Å². The van der Waals surface area contributed by atoms with Crippen LogP contribution in [0.1, 0.15) is 11.3 Å². The lowest BCUT2D eigenvalue weighted by Crippen LogP contribution is -2.17. The minimum atomic E-state index is -1.52. The fraction of sp³-hybridized carbons (Fsp3) is 0.235. The summed E-state index contributed by atoms with van der Waals surface area (Å²) >= 11 is 3.07. The maximum atomic E-state index is 11.8. The average molecular weight is 372 g/mol. The number of fused-ring (bicyclic) bond motifs is 1. The van der Waals surface area contributed by atoms with Crippen LogP contribution >= 0.6 is 23.1 Å². The third-order valence-electron chi connectivity index (χ3n) is 3.01. The van der Waals surface area contributed by atoms with E-state index >= 15 is 0 Å². The zero-order chi connectivity index (χ0) is 17.2. The maximum absolute atomic E-state index is 11.8. The van der Waals surface area contributed by atoms with E-state index in [1.165, 1.54) is 23.0 Å². The second kappa shape index (κ2) is 6.93. The molecule has 0 N–H and O–H groups in total. The highest BCUT2D eigenvalue weighted by Crippen LogP contribution is 2.27. The number of benzene rings is 1. The standard InChI is InChI=1S/C17H17N3OS2Si/c1-24(2,3)10-9-14-11-15(21)18-16-20(14)19-17(23-16)22-12-13-7-5-4-6-8-13/h4-8,11H,12H2,1-3H3. The highest BCUT2D eigenvalue weighted by molar-refractivity contribution is 8.00. The molecule has 3 rings (SSSR count). The number of hydrogen-bond acceptors (Lipinski definition) is 5. The van der Waals surface area contributed by atoms with Crippen molar-refractivity contribution < 1.29 is 0 Å². The lowest BCUT2D eigenvalue weighted by atomic mass is 10.2. The summed E-state index contributed by atoms with van der Waals surface area (Å²) < 4.78 is 2.57. The van der Waals surface area contributed by atoms with Gasteiger partial charge < -0.3 is 0 Å². The van der Waals surface area contributed by atoms with Gasteiger partial charge in [-0.05, 0) is 5.56 Å². The van der Waals surface area contributed by atoms with Gasteiger partial charge in [0.2, 0.25) is 4.96 Å². The van der Waals surface area contributed by atoms with Crippen LogP contribution in [0.4, 0.5) is 0 Å². The summed E-state index contributed by atoms with van der Waals surface area (Å²) in [4.78, 5) is 16.5. The van der Waals surface area contributed by atoms with Crippen LogP contribution in [0, 0.1) is 11.5 Å². The van der Waals surface area contributed by atoms with Crippen molar-refractivity contribution in [2.24, 2.45) is 0 Å². The quantitative estimate of drug-likeness (QED) is 0.400. The van der Waals surface area contributed by atoms with E-state index in [0.29, 0.717) is 10.7 Å². The van der Waals surface area contributed by atoms with E-state index in [9.17, 15) is 4.79 Å². The molecule has 0 aliphatic heterocycles. The van der Waals surface area contributed by atoms with E-state index in [1.807, 2.05) is 18.2 Å². The first-order chi connectivity index (χ1) is 11.4. The molecule has 0 amide bonds. The summed E-state index contributed by atoms with van der Waals surface area (Å²) in [7, 11) is -1.52. The summed E-state index contributed by atoms with van der Waals surface area (Å²) in [5, 5.41) is 4.58. The maximum Gasteiger partial charge on any atom is 0.275 e. The summed E-state index contributed by atoms with van der Waals surface area (Å²) in [6.45, 7) is 6.51. The molecule has 2 aromatic heterocycles. The van der Waals surface area contributed by atoms with Crippen LogP contribution in [-0.4, -0.2) is 22.7 Å². The Morgan fingerprint density at radius 2 is 2.00 bits per heavy atom. The smallest absolute Gasteiger partial charge is 0.267 e.